The lowest BCUT2D eigenvalue weighted by molar-refractivity contribution is 0.0534. The van der Waals surface area contributed by atoms with Crippen molar-refractivity contribution in [3.63, 3.8) is 0 Å². The van der Waals surface area contributed by atoms with E-state index in [1.54, 1.807) is 30.3 Å². The second-order valence-electron chi connectivity index (χ2n) is 7.34. The van der Waals surface area contributed by atoms with E-state index in [9.17, 15) is 18.3 Å². The maximum absolute atomic E-state index is 12.6. The molecule has 1 fully saturated rings. The van der Waals surface area contributed by atoms with Crippen molar-refractivity contribution in [1.82, 2.24) is 0 Å². The Hall–Kier alpha value is -1.94. The Morgan fingerprint density at radius 1 is 1.23 bits per heavy atom. The molecule has 0 spiro atoms. The third-order valence-electron chi connectivity index (χ3n) is 5.09. The van der Waals surface area contributed by atoms with Gasteiger partial charge >= 0.3 is 5.97 Å². The summed E-state index contributed by atoms with van der Waals surface area (Å²) in [6, 6.07) is 10.1. The fourth-order valence-corrected chi connectivity index (χ4v) is 5.90. The highest BCUT2D eigenvalue weighted by Crippen LogP contribution is 2.32. The monoisotopic (exact) mass is 453 g/mol. The SMILES string of the molecule is CCCCCC(O)c1ccc(N2C(OCc3ccc(C(=O)O)s3)CCS2(=O)=O)cc1. The highest BCUT2D eigenvalue weighted by atomic mass is 32.2. The van der Waals surface area contributed by atoms with Gasteiger partial charge in [0.15, 0.2) is 0 Å². The van der Waals surface area contributed by atoms with Gasteiger partial charge in [0.25, 0.3) is 0 Å². The first-order valence-corrected chi connectivity index (χ1v) is 12.5. The van der Waals surface area contributed by atoms with Gasteiger partial charge in [0.2, 0.25) is 10.0 Å². The third kappa shape index (κ3) is 5.40. The highest BCUT2D eigenvalue weighted by Gasteiger charge is 2.38. The molecule has 3 rings (SSSR count). The molecule has 7 nitrogen and oxygen atoms in total. The first kappa shape index (κ1) is 22.7. The van der Waals surface area contributed by atoms with Crippen LogP contribution in [-0.2, 0) is 21.4 Å². The normalized spacial score (nSPS) is 19.1. The van der Waals surface area contributed by atoms with E-state index in [2.05, 4.69) is 6.92 Å². The maximum atomic E-state index is 12.6. The number of unbranched alkanes of at least 4 members (excludes halogenated alkanes) is 2. The predicted octanol–water partition coefficient (Wildman–Crippen LogP) is 4.14. The Morgan fingerprint density at radius 3 is 2.60 bits per heavy atom. The Balaban J connectivity index is 1.68. The van der Waals surface area contributed by atoms with Gasteiger partial charge in [-0.15, -0.1) is 11.3 Å². The summed E-state index contributed by atoms with van der Waals surface area (Å²) in [4.78, 5) is 12.0. The van der Waals surface area contributed by atoms with E-state index in [4.69, 9.17) is 9.84 Å². The highest BCUT2D eigenvalue weighted by molar-refractivity contribution is 7.93. The number of aliphatic hydroxyl groups excluding tert-OH is 1. The molecule has 1 aliphatic rings. The van der Waals surface area contributed by atoms with Crippen LogP contribution in [0, 0.1) is 0 Å². The molecule has 2 heterocycles. The fraction of sp³-hybridized carbons (Fsp3) is 0.476. The van der Waals surface area contributed by atoms with Gasteiger partial charge in [-0.05, 0) is 36.2 Å². The van der Waals surface area contributed by atoms with Gasteiger partial charge in [0, 0.05) is 11.3 Å². The van der Waals surface area contributed by atoms with E-state index in [1.807, 2.05) is 0 Å². The molecule has 30 heavy (non-hydrogen) atoms. The standard InChI is InChI=1S/C21H27NO6S2/c1-2-3-4-5-18(23)15-6-8-16(9-7-15)22-20(12-13-30(22,26)27)28-14-17-10-11-19(29-17)21(24)25/h6-11,18,20,23H,2-5,12-14H2,1H3,(H,24,25). The number of benzene rings is 1. The zero-order valence-corrected chi connectivity index (χ0v) is 18.5. The largest absolute Gasteiger partial charge is 0.477 e. The summed E-state index contributed by atoms with van der Waals surface area (Å²) >= 11 is 1.11. The summed E-state index contributed by atoms with van der Waals surface area (Å²) in [6.45, 7) is 2.25. The molecule has 2 unspecified atom stereocenters. The van der Waals surface area contributed by atoms with Crippen LogP contribution in [-0.4, -0.2) is 36.6 Å². The van der Waals surface area contributed by atoms with Crippen LogP contribution in [0.1, 0.15) is 65.2 Å². The Bertz CT molecular complexity index is 954. The number of rotatable bonds is 10. The number of carbonyl (C=O) groups is 1. The van der Waals surface area contributed by atoms with Crippen molar-refractivity contribution in [3.8, 4) is 0 Å². The van der Waals surface area contributed by atoms with Crippen molar-refractivity contribution in [2.75, 3.05) is 10.1 Å². The van der Waals surface area contributed by atoms with Gasteiger partial charge in [0.1, 0.15) is 11.1 Å². The average Bonchev–Trinajstić information content (AvgIpc) is 3.30. The minimum atomic E-state index is -3.50. The molecule has 1 aliphatic heterocycles. The van der Waals surface area contributed by atoms with Crippen molar-refractivity contribution in [1.29, 1.82) is 0 Å². The number of carboxylic acids is 1. The number of aromatic carboxylic acids is 1. The topological polar surface area (TPSA) is 104 Å². The molecular formula is C21H27NO6S2. The molecule has 2 N–H and O–H groups in total. The lowest BCUT2D eigenvalue weighted by Gasteiger charge is -2.25. The molecule has 164 valence electrons. The average molecular weight is 454 g/mol. The summed E-state index contributed by atoms with van der Waals surface area (Å²) in [5.41, 5.74) is 1.27. The quantitative estimate of drug-likeness (QED) is 0.524. The van der Waals surface area contributed by atoms with Gasteiger partial charge in [0.05, 0.1) is 24.2 Å². The molecule has 2 aromatic rings. The smallest absolute Gasteiger partial charge is 0.345 e. The summed E-state index contributed by atoms with van der Waals surface area (Å²) < 4.78 is 32.3. The fourth-order valence-electron chi connectivity index (χ4n) is 3.47. The Labute approximate surface area is 181 Å². The van der Waals surface area contributed by atoms with Crippen molar-refractivity contribution in [2.45, 2.75) is 58.0 Å². The number of nitrogens with zero attached hydrogens (tertiary/aromatic N) is 1. The van der Waals surface area contributed by atoms with Crippen LogP contribution >= 0.6 is 11.3 Å². The molecule has 0 bridgehead atoms. The van der Waals surface area contributed by atoms with Gasteiger partial charge in [-0.25, -0.2) is 17.5 Å². The molecule has 9 heteroatoms. The molecule has 1 saturated heterocycles. The van der Waals surface area contributed by atoms with Crippen LogP contribution in [0.3, 0.4) is 0 Å². The summed E-state index contributed by atoms with van der Waals surface area (Å²) in [7, 11) is -3.50. The number of anilines is 1. The summed E-state index contributed by atoms with van der Waals surface area (Å²) in [6.07, 6.45) is 2.91. The number of aliphatic hydroxyl groups is 1. The zero-order valence-electron chi connectivity index (χ0n) is 16.9. The molecule has 0 radical (unpaired) electrons. The van der Waals surface area contributed by atoms with E-state index in [0.29, 0.717) is 18.5 Å². The van der Waals surface area contributed by atoms with E-state index in [0.717, 1.165) is 41.0 Å². The molecule has 1 aromatic heterocycles. The number of ether oxygens (including phenoxy) is 1. The summed E-state index contributed by atoms with van der Waals surface area (Å²) in [5.74, 6) is -1.00. The van der Waals surface area contributed by atoms with Crippen molar-refractivity contribution >= 4 is 33.0 Å². The number of sulfonamides is 1. The minimum absolute atomic E-state index is 0.0100. The number of hydrogen-bond acceptors (Lipinski definition) is 6. The van der Waals surface area contributed by atoms with Crippen LogP contribution in [0.4, 0.5) is 5.69 Å². The number of carboxylic acid groups (broad SMARTS) is 1. The Kier molecular flexibility index (Phi) is 7.51. The first-order chi connectivity index (χ1) is 14.3. The number of hydrogen-bond donors (Lipinski definition) is 2. The first-order valence-electron chi connectivity index (χ1n) is 10.1. The van der Waals surface area contributed by atoms with Gasteiger partial charge in [-0.2, -0.15) is 0 Å². The minimum Gasteiger partial charge on any atom is -0.477 e. The third-order valence-corrected chi connectivity index (χ3v) is 7.93. The van der Waals surface area contributed by atoms with Crippen LogP contribution in [0.25, 0.3) is 0 Å². The molecule has 0 aliphatic carbocycles. The maximum Gasteiger partial charge on any atom is 0.345 e. The molecule has 1 aromatic carbocycles. The second kappa shape index (κ2) is 9.91. The van der Waals surface area contributed by atoms with Crippen LogP contribution in [0.2, 0.25) is 0 Å². The predicted molar refractivity (Wildman–Crippen MR) is 116 cm³/mol. The van der Waals surface area contributed by atoms with Gasteiger partial charge in [-0.3, -0.25) is 0 Å². The van der Waals surface area contributed by atoms with Crippen LogP contribution in [0.15, 0.2) is 36.4 Å². The van der Waals surface area contributed by atoms with Crippen LogP contribution < -0.4 is 4.31 Å². The summed E-state index contributed by atoms with van der Waals surface area (Å²) in [5, 5.41) is 19.3. The molecule has 2 atom stereocenters. The molecule has 0 amide bonds. The number of thiophene rings is 1. The molecule has 0 saturated carbocycles. The van der Waals surface area contributed by atoms with Crippen LogP contribution in [0.5, 0.6) is 0 Å². The van der Waals surface area contributed by atoms with Gasteiger partial charge < -0.3 is 14.9 Å². The van der Waals surface area contributed by atoms with E-state index >= 15 is 0 Å². The molecular weight excluding hydrogens is 426 g/mol. The van der Waals surface area contributed by atoms with Crippen molar-refractivity contribution in [2.24, 2.45) is 0 Å². The van der Waals surface area contributed by atoms with E-state index in [-0.39, 0.29) is 17.2 Å². The van der Waals surface area contributed by atoms with Gasteiger partial charge in [-0.1, -0.05) is 38.3 Å². The lowest BCUT2D eigenvalue weighted by atomic mass is 10.0. The lowest BCUT2D eigenvalue weighted by Crippen LogP contribution is -2.34. The zero-order chi connectivity index (χ0) is 21.7. The Morgan fingerprint density at radius 2 is 1.97 bits per heavy atom. The second-order valence-corrected chi connectivity index (χ2v) is 10.5. The van der Waals surface area contributed by atoms with Crippen molar-refractivity contribution < 1.29 is 28.2 Å². The van der Waals surface area contributed by atoms with E-state index < -0.39 is 28.3 Å². The van der Waals surface area contributed by atoms with Crippen molar-refractivity contribution in [3.05, 3.63) is 51.7 Å². The van der Waals surface area contributed by atoms with E-state index in [1.165, 1.54) is 10.4 Å².